The topological polar surface area (TPSA) is 9.23 Å². The number of hydrogen-bond donors (Lipinski definition) is 0. The predicted molar refractivity (Wildman–Crippen MR) is 119 cm³/mol. The first kappa shape index (κ1) is 22.1. The van der Waals surface area contributed by atoms with E-state index in [2.05, 4.69) is 6.92 Å². The quantitative estimate of drug-likeness (QED) is 0.453. The third-order valence-electron chi connectivity index (χ3n) is 8.73. The van der Waals surface area contributed by atoms with Gasteiger partial charge in [0.15, 0.2) is 11.6 Å². The largest absolute Gasteiger partial charge is 0.490 e. The SMILES string of the molecule is CCCC1CCC(C2CCC3CC(COc4ccc(C)c(F)c4F)CCC3C2)CC1. The summed E-state index contributed by atoms with van der Waals surface area (Å²) >= 11 is 0. The highest BCUT2D eigenvalue weighted by Crippen LogP contribution is 2.49. The number of benzene rings is 1. The van der Waals surface area contributed by atoms with Crippen molar-refractivity contribution in [3.05, 3.63) is 29.3 Å². The van der Waals surface area contributed by atoms with E-state index in [1.807, 2.05) is 0 Å². The normalized spacial score (nSPS) is 34.4. The van der Waals surface area contributed by atoms with Gasteiger partial charge >= 0.3 is 0 Å². The maximum Gasteiger partial charge on any atom is 0.200 e. The van der Waals surface area contributed by atoms with Crippen molar-refractivity contribution in [2.45, 2.75) is 90.9 Å². The molecule has 168 valence electrons. The van der Waals surface area contributed by atoms with Gasteiger partial charge < -0.3 is 4.74 Å². The fourth-order valence-electron chi connectivity index (χ4n) is 6.91. The fraction of sp³-hybridized carbons (Fsp3) is 0.778. The molecule has 1 aromatic carbocycles. The lowest BCUT2D eigenvalue weighted by Crippen LogP contribution is -2.35. The molecule has 3 heteroatoms. The molecule has 0 bridgehead atoms. The monoisotopic (exact) mass is 418 g/mol. The molecule has 3 fully saturated rings. The van der Waals surface area contributed by atoms with Crippen molar-refractivity contribution in [3.8, 4) is 5.75 Å². The second kappa shape index (κ2) is 10.0. The molecule has 3 aliphatic rings. The molecule has 4 atom stereocenters. The molecule has 3 saturated carbocycles. The van der Waals surface area contributed by atoms with Crippen molar-refractivity contribution in [3.63, 3.8) is 0 Å². The van der Waals surface area contributed by atoms with Crippen LogP contribution in [0.1, 0.15) is 89.5 Å². The lowest BCUT2D eigenvalue weighted by molar-refractivity contribution is 0.0478. The van der Waals surface area contributed by atoms with Gasteiger partial charge in [0.2, 0.25) is 5.82 Å². The second-order valence-corrected chi connectivity index (χ2v) is 10.7. The van der Waals surface area contributed by atoms with E-state index in [0.717, 1.165) is 29.6 Å². The van der Waals surface area contributed by atoms with Crippen LogP contribution in [-0.4, -0.2) is 6.61 Å². The Bertz CT molecular complexity index is 694. The van der Waals surface area contributed by atoms with E-state index >= 15 is 0 Å². The Labute approximate surface area is 182 Å². The highest BCUT2D eigenvalue weighted by Gasteiger charge is 2.38. The highest BCUT2D eigenvalue weighted by molar-refractivity contribution is 5.30. The van der Waals surface area contributed by atoms with Gasteiger partial charge in [-0.05, 0) is 105 Å². The van der Waals surface area contributed by atoms with Crippen molar-refractivity contribution in [1.29, 1.82) is 0 Å². The average Bonchev–Trinajstić information content (AvgIpc) is 2.77. The maximum atomic E-state index is 14.1. The van der Waals surface area contributed by atoms with Crippen LogP contribution in [0.5, 0.6) is 5.75 Å². The second-order valence-electron chi connectivity index (χ2n) is 10.7. The average molecular weight is 419 g/mol. The molecule has 0 aliphatic heterocycles. The lowest BCUT2D eigenvalue weighted by atomic mass is 9.61. The molecule has 0 N–H and O–H groups in total. The van der Waals surface area contributed by atoms with E-state index in [1.165, 1.54) is 77.0 Å². The Morgan fingerprint density at radius 2 is 1.37 bits per heavy atom. The lowest BCUT2D eigenvalue weighted by Gasteiger charge is -2.45. The van der Waals surface area contributed by atoms with E-state index in [1.54, 1.807) is 19.1 Å². The number of aryl methyl sites for hydroxylation is 1. The molecular weight excluding hydrogens is 378 g/mol. The molecule has 0 aromatic heterocycles. The number of ether oxygens (including phenoxy) is 1. The van der Waals surface area contributed by atoms with Gasteiger partial charge in [-0.3, -0.25) is 0 Å². The summed E-state index contributed by atoms with van der Waals surface area (Å²) in [7, 11) is 0. The van der Waals surface area contributed by atoms with Crippen LogP contribution in [0.25, 0.3) is 0 Å². The molecule has 1 nitrogen and oxygen atoms in total. The maximum absolute atomic E-state index is 14.1. The first-order valence-electron chi connectivity index (χ1n) is 12.6. The first-order valence-corrected chi connectivity index (χ1v) is 12.6. The number of hydrogen-bond acceptors (Lipinski definition) is 1. The third-order valence-corrected chi connectivity index (χ3v) is 8.73. The summed E-state index contributed by atoms with van der Waals surface area (Å²) in [5.41, 5.74) is 0.330. The molecule has 4 rings (SSSR count). The minimum Gasteiger partial charge on any atom is -0.490 e. The zero-order chi connectivity index (χ0) is 21.1. The number of halogens is 2. The summed E-state index contributed by atoms with van der Waals surface area (Å²) in [5.74, 6) is 3.60. The Balaban J connectivity index is 1.23. The molecule has 0 amide bonds. The molecule has 0 spiro atoms. The van der Waals surface area contributed by atoms with Crippen LogP contribution < -0.4 is 4.74 Å². The van der Waals surface area contributed by atoms with E-state index in [0.29, 0.717) is 18.1 Å². The summed E-state index contributed by atoms with van der Waals surface area (Å²) in [5, 5.41) is 0. The van der Waals surface area contributed by atoms with Crippen LogP contribution in [0.2, 0.25) is 0 Å². The van der Waals surface area contributed by atoms with Gasteiger partial charge in [-0.2, -0.15) is 4.39 Å². The summed E-state index contributed by atoms with van der Waals surface area (Å²) < 4.78 is 33.6. The molecule has 0 saturated heterocycles. The molecular formula is C27H40F2O. The summed E-state index contributed by atoms with van der Waals surface area (Å²) in [4.78, 5) is 0. The van der Waals surface area contributed by atoms with E-state index in [9.17, 15) is 8.78 Å². The molecule has 1 aromatic rings. The minimum absolute atomic E-state index is 0.0719. The number of rotatable bonds is 6. The van der Waals surface area contributed by atoms with Gasteiger partial charge in [0.25, 0.3) is 0 Å². The Hall–Kier alpha value is -1.12. The number of fused-ring (bicyclic) bond motifs is 1. The Morgan fingerprint density at radius 1 is 0.767 bits per heavy atom. The van der Waals surface area contributed by atoms with Gasteiger partial charge in [-0.15, -0.1) is 0 Å². The predicted octanol–water partition coefficient (Wildman–Crippen LogP) is 8.09. The van der Waals surface area contributed by atoms with E-state index in [4.69, 9.17) is 4.74 Å². The van der Waals surface area contributed by atoms with Gasteiger partial charge in [-0.1, -0.05) is 38.7 Å². The summed E-state index contributed by atoms with van der Waals surface area (Å²) in [6, 6.07) is 3.17. The molecule has 3 aliphatic carbocycles. The van der Waals surface area contributed by atoms with Crippen molar-refractivity contribution >= 4 is 0 Å². The fourth-order valence-corrected chi connectivity index (χ4v) is 6.91. The van der Waals surface area contributed by atoms with Gasteiger partial charge in [0.05, 0.1) is 6.61 Å². The zero-order valence-corrected chi connectivity index (χ0v) is 19.0. The third kappa shape index (κ3) is 5.02. The Kier molecular flexibility index (Phi) is 7.36. The van der Waals surface area contributed by atoms with Crippen molar-refractivity contribution in [2.75, 3.05) is 6.61 Å². The van der Waals surface area contributed by atoms with E-state index < -0.39 is 11.6 Å². The first-order chi connectivity index (χ1) is 14.5. The summed E-state index contributed by atoms with van der Waals surface area (Å²) in [6.45, 7) is 4.43. The van der Waals surface area contributed by atoms with Crippen LogP contribution in [0, 0.1) is 54.1 Å². The summed E-state index contributed by atoms with van der Waals surface area (Å²) in [6.07, 6.45) is 16.6. The van der Waals surface area contributed by atoms with Crippen LogP contribution in [0.4, 0.5) is 8.78 Å². The molecule has 30 heavy (non-hydrogen) atoms. The van der Waals surface area contributed by atoms with Crippen LogP contribution in [0.3, 0.4) is 0 Å². The van der Waals surface area contributed by atoms with Crippen molar-refractivity contribution in [2.24, 2.45) is 35.5 Å². The van der Waals surface area contributed by atoms with Gasteiger partial charge in [0, 0.05) is 0 Å². The standard InChI is InChI=1S/C27H40F2O/c1-3-4-19-6-9-21(10-7-19)23-13-12-22-15-20(8-11-24(22)16-23)17-30-25-14-5-18(2)26(28)27(25)29/h5,14,19-24H,3-4,6-13,15-17H2,1-2H3. The zero-order valence-electron chi connectivity index (χ0n) is 19.0. The van der Waals surface area contributed by atoms with E-state index in [-0.39, 0.29) is 5.75 Å². The minimum atomic E-state index is -0.835. The smallest absolute Gasteiger partial charge is 0.200 e. The van der Waals surface area contributed by atoms with Gasteiger partial charge in [-0.25, -0.2) is 4.39 Å². The van der Waals surface area contributed by atoms with Crippen LogP contribution in [-0.2, 0) is 0 Å². The Morgan fingerprint density at radius 3 is 2.10 bits per heavy atom. The van der Waals surface area contributed by atoms with Gasteiger partial charge in [0.1, 0.15) is 0 Å². The van der Waals surface area contributed by atoms with Crippen molar-refractivity contribution < 1.29 is 13.5 Å². The molecule has 0 heterocycles. The van der Waals surface area contributed by atoms with Crippen LogP contribution >= 0.6 is 0 Å². The molecule has 0 radical (unpaired) electrons. The van der Waals surface area contributed by atoms with Crippen LogP contribution in [0.15, 0.2) is 12.1 Å². The van der Waals surface area contributed by atoms with Crippen molar-refractivity contribution in [1.82, 2.24) is 0 Å². The highest BCUT2D eigenvalue weighted by atomic mass is 19.2. The molecule has 4 unspecified atom stereocenters.